The van der Waals surface area contributed by atoms with Crippen molar-refractivity contribution in [2.45, 2.75) is 31.7 Å². The van der Waals surface area contributed by atoms with Gasteiger partial charge in [0.1, 0.15) is 0 Å². The molecule has 1 atom stereocenters. The number of nitrogens with two attached hydrogens (primary N) is 1. The smallest absolute Gasteiger partial charge is 0.232 e. The van der Waals surface area contributed by atoms with Crippen LogP contribution < -0.4 is 5.73 Å². The maximum absolute atomic E-state index is 12.1. The van der Waals surface area contributed by atoms with E-state index in [9.17, 15) is 14.7 Å². The van der Waals surface area contributed by atoms with Crippen molar-refractivity contribution in [2.75, 3.05) is 44.3 Å². The van der Waals surface area contributed by atoms with Crippen molar-refractivity contribution < 1.29 is 14.7 Å². The fraction of sp³-hybridized carbons (Fsp3) is 0.867. The third kappa shape index (κ3) is 5.14. The molecule has 2 aliphatic rings. The second-order valence-corrected chi connectivity index (χ2v) is 7.24. The van der Waals surface area contributed by atoms with E-state index in [0.29, 0.717) is 17.7 Å². The maximum atomic E-state index is 12.1. The number of nitrogens with zero attached hydrogens (tertiary/aromatic N) is 2. The number of primary amides is 1. The van der Waals surface area contributed by atoms with Crippen LogP contribution in [0.1, 0.15) is 25.7 Å². The summed E-state index contributed by atoms with van der Waals surface area (Å²) in [7, 11) is 0. The number of likely N-dealkylation sites (tertiary alicyclic amines) is 2. The van der Waals surface area contributed by atoms with Crippen LogP contribution >= 0.6 is 11.8 Å². The van der Waals surface area contributed by atoms with E-state index >= 15 is 0 Å². The van der Waals surface area contributed by atoms with Crippen LogP contribution in [0.15, 0.2) is 0 Å². The highest BCUT2D eigenvalue weighted by atomic mass is 32.2. The van der Waals surface area contributed by atoms with Gasteiger partial charge in [-0.25, -0.2) is 0 Å². The molecule has 22 heavy (non-hydrogen) atoms. The topological polar surface area (TPSA) is 86.9 Å². The molecule has 2 aliphatic heterocycles. The maximum Gasteiger partial charge on any atom is 0.232 e. The van der Waals surface area contributed by atoms with Crippen molar-refractivity contribution in [3.8, 4) is 0 Å². The fourth-order valence-electron chi connectivity index (χ4n) is 3.39. The second-order valence-electron chi connectivity index (χ2n) is 6.26. The second kappa shape index (κ2) is 8.74. The Kier molecular flexibility index (Phi) is 6.98. The molecule has 6 nitrogen and oxygen atoms in total. The van der Waals surface area contributed by atoms with Gasteiger partial charge in [-0.3, -0.25) is 14.5 Å². The molecule has 0 aliphatic carbocycles. The van der Waals surface area contributed by atoms with Gasteiger partial charge in [-0.05, 0) is 38.1 Å². The van der Waals surface area contributed by atoms with Gasteiger partial charge in [-0.2, -0.15) is 0 Å². The van der Waals surface area contributed by atoms with E-state index in [-0.39, 0.29) is 24.2 Å². The number of thioether (sulfide) groups is 1. The molecule has 0 radical (unpaired) electrons. The quantitative estimate of drug-likeness (QED) is 0.711. The minimum Gasteiger partial charge on any atom is -0.396 e. The van der Waals surface area contributed by atoms with Crippen molar-refractivity contribution in [3.63, 3.8) is 0 Å². The average molecular weight is 329 g/mol. The molecule has 2 heterocycles. The van der Waals surface area contributed by atoms with Gasteiger partial charge in [0.25, 0.3) is 0 Å². The highest BCUT2D eigenvalue weighted by Gasteiger charge is 2.29. The van der Waals surface area contributed by atoms with Crippen LogP contribution in [-0.2, 0) is 9.59 Å². The molecule has 2 rings (SSSR count). The van der Waals surface area contributed by atoms with Crippen molar-refractivity contribution in [1.29, 1.82) is 0 Å². The molecule has 0 aromatic heterocycles. The number of aliphatic hydroxyl groups excluding tert-OH is 1. The molecule has 0 aromatic rings. The average Bonchev–Trinajstić information content (AvgIpc) is 2.54. The summed E-state index contributed by atoms with van der Waals surface area (Å²) < 4.78 is 0. The van der Waals surface area contributed by atoms with Crippen molar-refractivity contribution >= 4 is 23.6 Å². The van der Waals surface area contributed by atoms with E-state index < -0.39 is 0 Å². The lowest BCUT2D eigenvalue weighted by Crippen LogP contribution is -2.50. The lowest BCUT2D eigenvalue weighted by molar-refractivity contribution is -0.130. The van der Waals surface area contributed by atoms with E-state index in [1.165, 1.54) is 11.8 Å². The van der Waals surface area contributed by atoms with Crippen LogP contribution in [0.25, 0.3) is 0 Å². The number of aliphatic hydroxyl groups is 1. The highest BCUT2D eigenvalue weighted by molar-refractivity contribution is 8.00. The predicted molar refractivity (Wildman–Crippen MR) is 87.5 cm³/mol. The minimum atomic E-state index is -0.375. The Bertz CT molecular complexity index is 386. The Morgan fingerprint density at radius 2 is 1.86 bits per heavy atom. The molecule has 126 valence electrons. The highest BCUT2D eigenvalue weighted by Crippen LogP contribution is 2.23. The molecular formula is C15H27N3O3S. The molecule has 0 unspecified atom stereocenters. The number of hydrogen-bond donors (Lipinski definition) is 2. The molecule has 3 N–H and O–H groups in total. The van der Waals surface area contributed by atoms with Crippen LogP contribution in [-0.4, -0.2) is 77.1 Å². The Balaban J connectivity index is 1.71. The number of carbonyl (C=O) groups excluding carboxylic acids is 2. The van der Waals surface area contributed by atoms with Gasteiger partial charge in [-0.15, -0.1) is 11.8 Å². The zero-order chi connectivity index (χ0) is 15.9. The van der Waals surface area contributed by atoms with Gasteiger partial charge >= 0.3 is 0 Å². The van der Waals surface area contributed by atoms with Crippen molar-refractivity contribution in [1.82, 2.24) is 9.80 Å². The molecule has 0 saturated carbocycles. The third-order valence-electron chi connectivity index (χ3n) is 4.61. The third-order valence-corrected chi connectivity index (χ3v) is 5.55. The monoisotopic (exact) mass is 329 g/mol. The first-order valence-corrected chi connectivity index (χ1v) is 9.24. The van der Waals surface area contributed by atoms with Gasteiger partial charge in [0, 0.05) is 32.3 Å². The zero-order valence-corrected chi connectivity index (χ0v) is 13.9. The summed E-state index contributed by atoms with van der Waals surface area (Å²) in [6, 6.07) is 0.539. The number of piperidine rings is 2. The first-order chi connectivity index (χ1) is 10.6. The summed E-state index contributed by atoms with van der Waals surface area (Å²) >= 11 is 1.29. The summed E-state index contributed by atoms with van der Waals surface area (Å²) in [5.74, 6) is 0.692. The first-order valence-electron chi connectivity index (χ1n) is 8.09. The number of hydrogen-bond acceptors (Lipinski definition) is 5. The Morgan fingerprint density at radius 3 is 2.50 bits per heavy atom. The molecule has 2 fully saturated rings. The normalized spacial score (nSPS) is 24.4. The van der Waals surface area contributed by atoms with Crippen molar-refractivity contribution in [2.24, 2.45) is 11.7 Å². The van der Waals surface area contributed by atoms with Crippen molar-refractivity contribution in [3.05, 3.63) is 0 Å². The van der Waals surface area contributed by atoms with Gasteiger partial charge < -0.3 is 15.7 Å². The largest absolute Gasteiger partial charge is 0.396 e. The molecule has 2 saturated heterocycles. The Morgan fingerprint density at radius 1 is 1.14 bits per heavy atom. The number of amides is 2. The summed E-state index contributed by atoms with van der Waals surface area (Å²) in [4.78, 5) is 27.1. The van der Waals surface area contributed by atoms with Gasteiger partial charge in [-0.1, -0.05) is 0 Å². The Hall–Kier alpha value is -0.790. The molecule has 7 heteroatoms. The van der Waals surface area contributed by atoms with E-state index in [2.05, 4.69) is 4.90 Å². The molecule has 0 aromatic carbocycles. The molecule has 0 spiro atoms. The van der Waals surface area contributed by atoms with Gasteiger partial charge in [0.15, 0.2) is 0 Å². The summed E-state index contributed by atoms with van der Waals surface area (Å²) in [5.41, 5.74) is 5.07. The summed E-state index contributed by atoms with van der Waals surface area (Å²) in [6.45, 7) is 3.97. The predicted octanol–water partition coefficient (Wildman–Crippen LogP) is -0.0998. The van der Waals surface area contributed by atoms with Crippen LogP contribution in [0.4, 0.5) is 0 Å². The Labute approximate surface area is 136 Å². The zero-order valence-electron chi connectivity index (χ0n) is 13.1. The molecule has 0 bridgehead atoms. The van der Waals surface area contributed by atoms with Crippen LogP contribution in [0.2, 0.25) is 0 Å². The standard InChI is InChI=1S/C15H27N3O3S/c16-14(20)10-22-11-15(21)17-6-3-13(4-7-17)18-5-1-2-12(8-18)9-19/h12-13,19H,1-11H2,(H2,16,20)/t12-/m1/s1. The van der Waals surface area contributed by atoms with E-state index in [1.807, 2.05) is 4.90 Å². The first kappa shape index (κ1) is 17.6. The molecule has 2 amide bonds. The molecular weight excluding hydrogens is 302 g/mol. The lowest BCUT2D eigenvalue weighted by Gasteiger charge is -2.42. The van der Waals surface area contributed by atoms with Crippen LogP contribution in [0.3, 0.4) is 0 Å². The minimum absolute atomic E-state index is 0.108. The SMILES string of the molecule is NC(=O)CSCC(=O)N1CCC(N2CCC[C@@H](CO)C2)CC1. The van der Waals surface area contributed by atoms with Crippen LogP contribution in [0, 0.1) is 5.92 Å². The lowest BCUT2D eigenvalue weighted by atomic mass is 9.94. The van der Waals surface area contributed by atoms with E-state index in [0.717, 1.165) is 51.9 Å². The number of carbonyl (C=O) groups is 2. The van der Waals surface area contributed by atoms with E-state index in [4.69, 9.17) is 5.73 Å². The van der Waals surface area contributed by atoms with E-state index in [1.54, 1.807) is 0 Å². The summed E-state index contributed by atoms with van der Waals surface area (Å²) in [5, 5.41) is 9.33. The fourth-order valence-corrected chi connectivity index (χ4v) is 4.05. The summed E-state index contributed by atoms with van der Waals surface area (Å²) in [6.07, 6.45) is 4.30. The van der Waals surface area contributed by atoms with Crippen LogP contribution in [0.5, 0.6) is 0 Å². The van der Waals surface area contributed by atoms with Gasteiger partial charge in [0.2, 0.25) is 11.8 Å². The number of rotatable bonds is 6. The van der Waals surface area contributed by atoms with Gasteiger partial charge in [0.05, 0.1) is 11.5 Å².